The van der Waals surface area contributed by atoms with Crippen molar-refractivity contribution in [1.82, 2.24) is 9.29 Å². The molecule has 2 aromatic carbocycles. The van der Waals surface area contributed by atoms with Gasteiger partial charge >= 0.3 is 0 Å². The Hall–Kier alpha value is -2.91. The average Bonchev–Trinajstić information content (AvgIpc) is 3.35. The minimum Gasteiger partial charge on any atom is -0.483 e. The normalized spacial score (nSPS) is 15.1. The van der Waals surface area contributed by atoms with Crippen molar-refractivity contribution in [3.63, 3.8) is 0 Å². The number of sulfonamides is 1. The second-order valence-corrected chi connectivity index (χ2v) is 8.44. The Morgan fingerprint density at radius 1 is 1.18 bits per heavy atom. The molecule has 9 heteroatoms. The third-order valence-electron chi connectivity index (χ3n) is 4.61. The van der Waals surface area contributed by atoms with Gasteiger partial charge in [-0.15, -0.1) is 0 Å². The molecule has 28 heavy (non-hydrogen) atoms. The molecular formula is C19H19N3O5S. The van der Waals surface area contributed by atoms with Crippen LogP contribution < -0.4 is 10.5 Å². The van der Waals surface area contributed by atoms with Gasteiger partial charge < -0.3 is 14.9 Å². The quantitative estimate of drug-likeness (QED) is 0.677. The largest absolute Gasteiger partial charge is 0.483 e. The Bertz CT molecular complexity index is 1100. The van der Waals surface area contributed by atoms with Gasteiger partial charge in [-0.05, 0) is 43.2 Å². The monoisotopic (exact) mass is 401 g/mol. The molecule has 8 nitrogen and oxygen atoms in total. The number of primary amides is 1. The molecule has 1 aromatic heterocycles. The number of nitrogens with zero attached hydrogens (tertiary/aromatic N) is 2. The molecule has 1 amide bonds. The Labute approximate surface area is 162 Å². The van der Waals surface area contributed by atoms with Crippen molar-refractivity contribution in [2.45, 2.75) is 24.3 Å². The van der Waals surface area contributed by atoms with Crippen LogP contribution in [-0.4, -0.2) is 36.7 Å². The molecule has 0 spiro atoms. The van der Waals surface area contributed by atoms with Crippen molar-refractivity contribution in [2.75, 3.05) is 13.1 Å². The maximum Gasteiger partial charge on any atom is 0.252 e. The van der Waals surface area contributed by atoms with E-state index < -0.39 is 15.9 Å². The number of carbonyl (C=O) groups is 1. The number of carbonyl (C=O) groups excluding carboxylic acids is 1. The lowest BCUT2D eigenvalue weighted by atomic mass is 10.2. The summed E-state index contributed by atoms with van der Waals surface area (Å²) in [6.07, 6.45) is 1.65. The number of nitrogens with two attached hydrogens (primary N) is 1. The van der Waals surface area contributed by atoms with E-state index in [1.54, 1.807) is 6.07 Å². The summed E-state index contributed by atoms with van der Waals surface area (Å²) in [5, 5.41) is 0. The van der Waals surface area contributed by atoms with E-state index in [0.717, 1.165) is 12.8 Å². The Balaban J connectivity index is 1.59. The number of benzene rings is 2. The fraction of sp³-hybridized carbons (Fsp3) is 0.263. The minimum atomic E-state index is -3.66. The van der Waals surface area contributed by atoms with Crippen molar-refractivity contribution >= 4 is 27.0 Å². The molecule has 3 aromatic rings. The first-order valence-electron chi connectivity index (χ1n) is 8.86. The number of oxazole rings is 1. The van der Waals surface area contributed by atoms with Crippen molar-refractivity contribution < 1.29 is 22.4 Å². The molecule has 4 rings (SSSR count). The number of hydrogen-bond acceptors (Lipinski definition) is 6. The van der Waals surface area contributed by atoms with Crippen LogP contribution in [0.3, 0.4) is 0 Å². The Kier molecular flexibility index (Phi) is 4.78. The lowest BCUT2D eigenvalue weighted by Gasteiger charge is -2.17. The summed E-state index contributed by atoms with van der Waals surface area (Å²) in [5.74, 6) is -0.258. The molecule has 0 radical (unpaired) electrons. The maximum absolute atomic E-state index is 12.7. The van der Waals surface area contributed by atoms with E-state index in [2.05, 4.69) is 4.98 Å². The molecule has 146 valence electrons. The van der Waals surface area contributed by atoms with E-state index in [-0.39, 0.29) is 22.8 Å². The third-order valence-corrected chi connectivity index (χ3v) is 6.50. The van der Waals surface area contributed by atoms with Crippen LogP contribution in [0.15, 0.2) is 51.8 Å². The van der Waals surface area contributed by atoms with Gasteiger partial charge in [-0.25, -0.2) is 13.4 Å². The fourth-order valence-corrected chi connectivity index (χ4v) is 4.73. The van der Waals surface area contributed by atoms with Crippen LogP contribution >= 0.6 is 0 Å². The second-order valence-electron chi connectivity index (χ2n) is 6.50. The van der Waals surface area contributed by atoms with Gasteiger partial charge in [0.25, 0.3) is 5.91 Å². The lowest BCUT2D eigenvalue weighted by molar-refractivity contribution is 0.0995. The van der Waals surface area contributed by atoms with Crippen LogP contribution in [0.5, 0.6) is 5.75 Å². The Morgan fingerprint density at radius 2 is 1.93 bits per heavy atom. The summed E-state index contributed by atoms with van der Waals surface area (Å²) in [6.45, 7) is 0.932. The minimum absolute atomic E-state index is 0.00335. The molecule has 0 aliphatic carbocycles. The van der Waals surface area contributed by atoms with E-state index in [0.29, 0.717) is 30.1 Å². The van der Waals surface area contributed by atoms with Crippen molar-refractivity contribution in [2.24, 2.45) is 5.73 Å². The molecule has 1 aliphatic heterocycles. The number of para-hydroxylation sites is 2. The van der Waals surface area contributed by atoms with Crippen LogP contribution in [0, 0.1) is 0 Å². The smallest absolute Gasteiger partial charge is 0.252 e. The molecule has 1 fully saturated rings. The van der Waals surface area contributed by atoms with Gasteiger partial charge in [0.05, 0.1) is 10.5 Å². The SMILES string of the molecule is NC(=O)c1cc(S(=O)(=O)N2CCCC2)ccc1OCc1nc2ccccc2o1. The summed E-state index contributed by atoms with van der Waals surface area (Å²) in [5.41, 5.74) is 6.77. The number of rotatable bonds is 6. The van der Waals surface area contributed by atoms with Gasteiger partial charge in [0, 0.05) is 13.1 Å². The van der Waals surface area contributed by atoms with Crippen molar-refractivity contribution in [3.05, 3.63) is 53.9 Å². The highest BCUT2D eigenvalue weighted by atomic mass is 32.2. The highest BCUT2D eigenvalue weighted by Gasteiger charge is 2.28. The summed E-state index contributed by atoms with van der Waals surface area (Å²) in [4.78, 5) is 16.2. The number of ether oxygens (including phenoxy) is 1. The molecule has 0 unspecified atom stereocenters. The summed E-state index contributed by atoms with van der Waals surface area (Å²) >= 11 is 0. The zero-order valence-electron chi connectivity index (χ0n) is 15.0. The molecule has 0 atom stereocenters. The third kappa shape index (κ3) is 3.46. The van der Waals surface area contributed by atoms with E-state index in [4.69, 9.17) is 14.9 Å². The van der Waals surface area contributed by atoms with Gasteiger partial charge in [-0.1, -0.05) is 12.1 Å². The average molecular weight is 401 g/mol. The summed E-state index contributed by atoms with van der Waals surface area (Å²) in [6, 6.07) is 11.4. The first-order valence-corrected chi connectivity index (χ1v) is 10.3. The number of aromatic nitrogens is 1. The molecular weight excluding hydrogens is 382 g/mol. The van der Waals surface area contributed by atoms with Crippen LogP contribution in [0.1, 0.15) is 29.1 Å². The van der Waals surface area contributed by atoms with Gasteiger partial charge in [0.15, 0.2) is 12.2 Å². The molecule has 1 aliphatic rings. The number of hydrogen-bond donors (Lipinski definition) is 1. The molecule has 0 bridgehead atoms. The highest BCUT2D eigenvalue weighted by molar-refractivity contribution is 7.89. The number of amides is 1. The highest BCUT2D eigenvalue weighted by Crippen LogP contribution is 2.27. The molecule has 2 N–H and O–H groups in total. The van der Waals surface area contributed by atoms with Gasteiger partial charge in [-0.2, -0.15) is 4.31 Å². The molecule has 2 heterocycles. The Morgan fingerprint density at radius 3 is 2.64 bits per heavy atom. The zero-order valence-corrected chi connectivity index (χ0v) is 15.8. The first kappa shape index (κ1) is 18.5. The topological polar surface area (TPSA) is 116 Å². The van der Waals surface area contributed by atoms with E-state index in [1.165, 1.54) is 22.5 Å². The van der Waals surface area contributed by atoms with E-state index in [1.807, 2.05) is 18.2 Å². The first-order chi connectivity index (χ1) is 13.4. The summed E-state index contributed by atoms with van der Waals surface area (Å²) < 4.78 is 38.0. The van der Waals surface area contributed by atoms with Crippen LogP contribution in [0.2, 0.25) is 0 Å². The predicted molar refractivity (Wildman–Crippen MR) is 101 cm³/mol. The van der Waals surface area contributed by atoms with Gasteiger partial charge in [0.1, 0.15) is 11.3 Å². The van der Waals surface area contributed by atoms with E-state index >= 15 is 0 Å². The fourth-order valence-electron chi connectivity index (χ4n) is 3.19. The molecule has 1 saturated heterocycles. The summed E-state index contributed by atoms with van der Waals surface area (Å²) in [7, 11) is -3.66. The lowest BCUT2D eigenvalue weighted by Crippen LogP contribution is -2.28. The predicted octanol–water partition coefficient (Wildman–Crippen LogP) is 2.29. The maximum atomic E-state index is 12.7. The second kappa shape index (κ2) is 7.25. The van der Waals surface area contributed by atoms with Crippen molar-refractivity contribution in [1.29, 1.82) is 0 Å². The molecule has 0 saturated carbocycles. The van der Waals surface area contributed by atoms with Crippen molar-refractivity contribution in [3.8, 4) is 5.75 Å². The van der Waals surface area contributed by atoms with Crippen LogP contribution in [-0.2, 0) is 16.6 Å². The zero-order chi connectivity index (χ0) is 19.7. The van der Waals surface area contributed by atoms with Crippen LogP contribution in [0.25, 0.3) is 11.1 Å². The number of fused-ring (bicyclic) bond motifs is 1. The van der Waals surface area contributed by atoms with E-state index in [9.17, 15) is 13.2 Å². The van der Waals surface area contributed by atoms with Crippen LogP contribution in [0.4, 0.5) is 0 Å². The standard InChI is InChI=1S/C19H19N3O5S/c20-19(23)14-11-13(28(24,25)22-9-3-4-10-22)7-8-16(14)26-12-18-21-15-5-1-2-6-17(15)27-18/h1-2,5-8,11H,3-4,9-10,12H2,(H2,20,23). The van der Waals surface area contributed by atoms with Gasteiger partial charge in [-0.3, -0.25) is 4.79 Å². The van der Waals surface area contributed by atoms with Gasteiger partial charge in [0.2, 0.25) is 15.9 Å².